The predicted molar refractivity (Wildman–Crippen MR) is 139 cm³/mol. The first-order chi connectivity index (χ1) is 19.0. The van der Waals surface area contributed by atoms with Crippen molar-refractivity contribution >= 4 is 22.8 Å². The molecule has 2 N–H and O–H groups in total. The zero-order valence-corrected chi connectivity index (χ0v) is 22.0. The highest BCUT2D eigenvalue weighted by Gasteiger charge is 2.38. The third-order valence-corrected chi connectivity index (χ3v) is 7.26. The Kier molecular flexibility index (Phi) is 7.38. The number of halogens is 4. The first-order valence-electron chi connectivity index (χ1n) is 12.3. The molecule has 1 aliphatic rings. The molecule has 212 valence electrons. The van der Waals surface area contributed by atoms with E-state index in [0.29, 0.717) is 11.4 Å². The van der Waals surface area contributed by atoms with Crippen molar-refractivity contribution in [1.29, 1.82) is 0 Å². The standard InChI is InChI=1S/C26H25ClF3N5O5/c1-33-21-20(22(36)34(24(33)37)13-12-25(40-31)10-3-11-25)35(15-16-6-8-17(27)9-7-16)23(32-21)38-18-4-2-5-19(14-18)39-26(28,29)30/h2,4-9,14H,3,10-13,15,31H2,1H3. The number of aromatic nitrogens is 4. The van der Waals surface area contributed by atoms with Gasteiger partial charge in [0.05, 0.1) is 12.1 Å². The smallest absolute Gasteiger partial charge is 0.425 e. The Labute approximate surface area is 230 Å². The van der Waals surface area contributed by atoms with E-state index in [0.717, 1.165) is 41.5 Å². The van der Waals surface area contributed by atoms with Crippen LogP contribution in [0.4, 0.5) is 13.2 Å². The molecule has 5 rings (SSSR count). The minimum Gasteiger partial charge on any atom is -0.425 e. The molecule has 14 heteroatoms. The van der Waals surface area contributed by atoms with Crippen LogP contribution >= 0.6 is 11.6 Å². The molecule has 1 saturated carbocycles. The zero-order valence-electron chi connectivity index (χ0n) is 21.3. The Balaban J connectivity index is 1.61. The maximum Gasteiger partial charge on any atom is 0.573 e. The molecule has 10 nitrogen and oxygen atoms in total. The molecule has 1 fully saturated rings. The van der Waals surface area contributed by atoms with Crippen LogP contribution < -0.4 is 26.6 Å². The Hall–Kier alpha value is -3.81. The van der Waals surface area contributed by atoms with Gasteiger partial charge in [-0.3, -0.25) is 23.3 Å². The van der Waals surface area contributed by atoms with Crippen molar-refractivity contribution in [2.24, 2.45) is 12.9 Å². The maximum absolute atomic E-state index is 13.7. The van der Waals surface area contributed by atoms with Crippen molar-refractivity contribution < 1.29 is 27.5 Å². The van der Waals surface area contributed by atoms with Crippen LogP contribution in [0.2, 0.25) is 5.02 Å². The summed E-state index contributed by atoms with van der Waals surface area (Å²) in [7, 11) is 1.47. The number of hydrogen-bond donors (Lipinski definition) is 1. The molecule has 2 aromatic carbocycles. The number of hydrogen-bond acceptors (Lipinski definition) is 7. The highest BCUT2D eigenvalue weighted by molar-refractivity contribution is 6.30. The number of rotatable bonds is 9. The minimum absolute atomic E-state index is 0.0215. The van der Waals surface area contributed by atoms with Crippen LogP contribution in [0.25, 0.3) is 11.2 Å². The normalized spacial score (nSPS) is 14.8. The average Bonchev–Trinajstić information content (AvgIpc) is 3.22. The van der Waals surface area contributed by atoms with Crippen molar-refractivity contribution in [2.45, 2.75) is 50.7 Å². The van der Waals surface area contributed by atoms with E-state index in [1.54, 1.807) is 24.3 Å². The van der Waals surface area contributed by atoms with Crippen LogP contribution in [-0.4, -0.2) is 30.6 Å². The van der Waals surface area contributed by atoms with Gasteiger partial charge in [-0.05, 0) is 55.5 Å². The number of nitrogens with zero attached hydrogens (tertiary/aromatic N) is 4. The summed E-state index contributed by atoms with van der Waals surface area (Å²) < 4.78 is 51.9. The predicted octanol–water partition coefficient (Wildman–Crippen LogP) is 4.49. The Morgan fingerprint density at radius 2 is 1.77 bits per heavy atom. The van der Waals surface area contributed by atoms with Gasteiger partial charge in [-0.25, -0.2) is 10.7 Å². The van der Waals surface area contributed by atoms with Gasteiger partial charge in [-0.1, -0.05) is 29.8 Å². The zero-order chi connectivity index (χ0) is 28.7. The van der Waals surface area contributed by atoms with Crippen LogP contribution in [0.1, 0.15) is 31.2 Å². The van der Waals surface area contributed by atoms with Crippen LogP contribution in [0.3, 0.4) is 0 Å². The monoisotopic (exact) mass is 579 g/mol. The largest absolute Gasteiger partial charge is 0.573 e. The molecule has 4 aromatic rings. The number of imidazole rings is 1. The molecule has 1 aliphatic carbocycles. The molecule has 2 heterocycles. The Morgan fingerprint density at radius 3 is 2.40 bits per heavy atom. The van der Waals surface area contributed by atoms with E-state index in [2.05, 4.69) is 9.72 Å². The summed E-state index contributed by atoms with van der Waals surface area (Å²) in [5, 5.41) is 0.508. The van der Waals surface area contributed by atoms with Crippen molar-refractivity contribution in [3.05, 3.63) is 80.0 Å². The van der Waals surface area contributed by atoms with Gasteiger partial charge in [0.15, 0.2) is 11.2 Å². The molecule has 0 unspecified atom stereocenters. The number of aryl methyl sites for hydroxylation is 1. The molecule has 2 aromatic heterocycles. The quantitative estimate of drug-likeness (QED) is 0.290. The SMILES string of the molecule is Cn1c(=O)n(CCC2(ON)CCC2)c(=O)c2c1nc(Oc1cccc(OC(F)(F)F)c1)n2Cc1ccc(Cl)cc1. The van der Waals surface area contributed by atoms with E-state index in [-0.39, 0.29) is 36.0 Å². The second-order valence-corrected chi connectivity index (χ2v) is 10.0. The Bertz CT molecular complexity index is 1650. The molecule has 0 amide bonds. The fourth-order valence-electron chi connectivity index (χ4n) is 4.70. The van der Waals surface area contributed by atoms with E-state index >= 15 is 0 Å². The van der Waals surface area contributed by atoms with Crippen LogP contribution in [0.5, 0.6) is 17.5 Å². The van der Waals surface area contributed by atoms with Crippen molar-refractivity contribution in [3.8, 4) is 17.5 Å². The molecule has 0 atom stereocenters. The molecular weight excluding hydrogens is 555 g/mol. The van der Waals surface area contributed by atoms with E-state index in [9.17, 15) is 22.8 Å². The summed E-state index contributed by atoms with van der Waals surface area (Å²) in [6.07, 6.45) is -2.14. The first-order valence-corrected chi connectivity index (χ1v) is 12.7. The second kappa shape index (κ2) is 10.6. The van der Waals surface area contributed by atoms with Gasteiger partial charge in [0, 0.05) is 24.7 Å². The van der Waals surface area contributed by atoms with Gasteiger partial charge in [-0.2, -0.15) is 4.98 Å². The highest BCUT2D eigenvalue weighted by Crippen LogP contribution is 2.37. The van der Waals surface area contributed by atoms with Crippen molar-refractivity contribution in [3.63, 3.8) is 0 Å². The molecule has 40 heavy (non-hydrogen) atoms. The third-order valence-electron chi connectivity index (χ3n) is 7.01. The summed E-state index contributed by atoms with van der Waals surface area (Å²) in [5.74, 6) is 4.97. The first kappa shape index (κ1) is 27.7. The average molecular weight is 580 g/mol. The van der Waals surface area contributed by atoms with Crippen LogP contribution in [-0.2, 0) is 25.0 Å². The second-order valence-electron chi connectivity index (χ2n) is 9.61. The molecule has 0 saturated heterocycles. The lowest BCUT2D eigenvalue weighted by Gasteiger charge is -2.39. The van der Waals surface area contributed by atoms with Crippen LogP contribution in [0, 0.1) is 0 Å². The lowest BCUT2D eigenvalue weighted by molar-refractivity contribution is -0.274. The summed E-state index contributed by atoms with van der Waals surface area (Å²) in [5.41, 5.74) is -0.923. The van der Waals surface area contributed by atoms with Gasteiger partial charge in [-0.15, -0.1) is 13.2 Å². The Morgan fingerprint density at radius 1 is 1.07 bits per heavy atom. The summed E-state index contributed by atoms with van der Waals surface area (Å²) in [6.45, 7) is 0.156. The lowest BCUT2D eigenvalue weighted by atomic mass is 9.78. The van der Waals surface area contributed by atoms with Crippen LogP contribution in [0.15, 0.2) is 58.1 Å². The molecule has 0 radical (unpaired) electrons. The molecule has 0 bridgehead atoms. The van der Waals surface area contributed by atoms with Gasteiger partial charge in [0.2, 0.25) is 0 Å². The summed E-state index contributed by atoms with van der Waals surface area (Å²) in [4.78, 5) is 36.5. The fourth-order valence-corrected chi connectivity index (χ4v) is 4.83. The number of benzene rings is 2. The number of fused-ring (bicyclic) bond motifs is 1. The van der Waals surface area contributed by atoms with E-state index in [1.807, 2.05) is 0 Å². The van der Waals surface area contributed by atoms with Gasteiger partial charge >= 0.3 is 18.1 Å². The summed E-state index contributed by atoms with van der Waals surface area (Å²) in [6, 6.07) is 11.6. The topological polar surface area (TPSA) is 116 Å². The highest BCUT2D eigenvalue weighted by atomic mass is 35.5. The van der Waals surface area contributed by atoms with E-state index in [4.69, 9.17) is 27.1 Å². The molecular formula is C26H25ClF3N5O5. The van der Waals surface area contributed by atoms with E-state index in [1.165, 1.54) is 28.3 Å². The fraction of sp³-hybridized carbons (Fsp3) is 0.346. The third kappa shape index (κ3) is 5.58. The summed E-state index contributed by atoms with van der Waals surface area (Å²) >= 11 is 6.03. The molecule has 0 aliphatic heterocycles. The number of nitrogens with two attached hydrogens (primary N) is 1. The maximum atomic E-state index is 13.7. The number of alkyl halides is 3. The minimum atomic E-state index is -4.89. The van der Waals surface area contributed by atoms with Gasteiger partial charge in [0.1, 0.15) is 11.5 Å². The van der Waals surface area contributed by atoms with Crippen molar-refractivity contribution in [2.75, 3.05) is 0 Å². The van der Waals surface area contributed by atoms with E-state index < -0.39 is 29.0 Å². The number of ether oxygens (including phenoxy) is 2. The lowest BCUT2D eigenvalue weighted by Crippen LogP contribution is -2.46. The van der Waals surface area contributed by atoms with Gasteiger partial charge < -0.3 is 9.47 Å². The van der Waals surface area contributed by atoms with Crippen molar-refractivity contribution in [1.82, 2.24) is 18.7 Å². The van der Waals surface area contributed by atoms with Gasteiger partial charge in [0.25, 0.3) is 5.56 Å². The molecule has 0 spiro atoms.